The molecule has 1 fully saturated rings. The molecule has 3 heterocycles. The van der Waals surface area contributed by atoms with Gasteiger partial charge in [0.05, 0.1) is 6.26 Å². The highest BCUT2D eigenvalue weighted by atomic mass is 16.5. The van der Waals surface area contributed by atoms with Gasteiger partial charge in [-0.3, -0.25) is 0 Å². The van der Waals surface area contributed by atoms with Crippen molar-refractivity contribution in [2.45, 2.75) is 64.3 Å². The Bertz CT molecular complexity index is 579. The van der Waals surface area contributed by atoms with Crippen LogP contribution in [0.1, 0.15) is 50.8 Å². The van der Waals surface area contributed by atoms with Crippen LogP contribution in [0.3, 0.4) is 0 Å². The van der Waals surface area contributed by atoms with E-state index in [1.54, 1.807) is 6.26 Å². The van der Waals surface area contributed by atoms with Crippen LogP contribution in [0.25, 0.3) is 0 Å². The number of hydrogen-bond acceptors (Lipinski definition) is 4. The summed E-state index contributed by atoms with van der Waals surface area (Å²) >= 11 is 0. The smallest absolute Gasteiger partial charge is 0.139 e. The van der Waals surface area contributed by atoms with Gasteiger partial charge in [0.1, 0.15) is 17.7 Å². The van der Waals surface area contributed by atoms with E-state index in [0.717, 1.165) is 50.4 Å². The van der Waals surface area contributed by atoms with Gasteiger partial charge in [-0.25, -0.2) is 4.98 Å². The molecule has 2 aromatic heterocycles. The summed E-state index contributed by atoms with van der Waals surface area (Å²) in [6, 6.07) is 4.72. The van der Waals surface area contributed by atoms with Crippen molar-refractivity contribution in [2.24, 2.45) is 0 Å². The molecule has 0 amide bonds. The van der Waals surface area contributed by atoms with E-state index in [2.05, 4.69) is 28.7 Å². The van der Waals surface area contributed by atoms with Gasteiger partial charge in [-0.2, -0.15) is 0 Å². The molecule has 126 valence electrons. The molecule has 5 nitrogen and oxygen atoms in total. The van der Waals surface area contributed by atoms with Crippen molar-refractivity contribution >= 4 is 0 Å². The second-order valence-corrected chi connectivity index (χ2v) is 6.30. The standard InChI is InChI=1S/C18H27N3O2/c1-3-21-11-10-19-18(21)17-16(7-5-13-23-17)20-14(2)8-9-15-6-4-12-22-15/h4,6,10-12,14,16-17,20H,3,5,7-9,13H2,1-2H3/t14?,16-,17-/m1/s1. The summed E-state index contributed by atoms with van der Waals surface area (Å²) in [6.07, 6.45) is 9.94. The third-order valence-corrected chi connectivity index (χ3v) is 4.57. The van der Waals surface area contributed by atoms with E-state index in [9.17, 15) is 0 Å². The lowest BCUT2D eigenvalue weighted by Gasteiger charge is -2.34. The molecule has 3 rings (SSSR count). The minimum absolute atomic E-state index is 0.0461. The number of furan rings is 1. The van der Waals surface area contributed by atoms with E-state index in [-0.39, 0.29) is 6.10 Å². The molecule has 3 atom stereocenters. The molecular weight excluding hydrogens is 290 g/mol. The number of ether oxygens (including phenoxy) is 1. The first-order valence-corrected chi connectivity index (χ1v) is 8.69. The van der Waals surface area contributed by atoms with Crippen LogP contribution >= 0.6 is 0 Å². The van der Waals surface area contributed by atoms with E-state index in [1.807, 2.05) is 24.5 Å². The second-order valence-electron chi connectivity index (χ2n) is 6.30. The van der Waals surface area contributed by atoms with Gasteiger partial charge in [-0.15, -0.1) is 0 Å². The summed E-state index contributed by atoms with van der Waals surface area (Å²) in [5.74, 6) is 2.10. The molecule has 1 saturated heterocycles. The molecule has 1 unspecified atom stereocenters. The van der Waals surface area contributed by atoms with E-state index in [0.29, 0.717) is 12.1 Å². The van der Waals surface area contributed by atoms with Gasteiger partial charge in [0.25, 0.3) is 0 Å². The normalized spacial score (nSPS) is 23.0. The summed E-state index contributed by atoms with van der Waals surface area (Å²) in [6.45, 7) is 6.12. The Morgan fingerprint density at radius 2 is 2.39 bits per heavy atom. The molecule has 0 spiro atoms. The Labute approximate surface area is 138 Å². The molecule has 0 aromatic carbocycles. The fourth-order valence-electron chi connectivity index (χ4n) is 3.31. The highest BCUT2D eigenvalue weighted by Gasteiger charge is 2.31. The van der Waals surface area contributed by atoms with Crippen molar-refractivity contribution in [2.75, 3.05) is 6.61 Å². The van der Waals surface area contributed by atoms with Crippen molar-refractivity contribution in [3.63, 3.8) is 0 Å². The van der Waals surface area contributed by atoms with E-state index in [1.165, 1.54) is 0 Å². The first-order chi connectivity index (χ1) is 11.3. The van der Waals surface area contributed by atoms with Crippen LogP contribution in [-0.4, -0.2) is 28.2 Å². The van der Waals surface area contributed by atoms with Gasteiger partial charge in [0, 0.05) is 44.0 Å². The van der Waals surface area contributed by atoms with Crippen LogP contribution in [0.2, 0.25) is 0 Å². The summed E-state index contributed by atoms with van der Waals surface area (Å²) in [5.41, 5.74) is 0. The molecular formula is C18H27N3O2. The third kappa shape index (κ3) is 4.03. The van der Waals surface area contributed by atoms with Crippen molar-refractivity contribution in [3.8, 4) is 0 Å². The van der Waals surface area contributed by atoms with Gasteiger partial charge in [0.2, 0.25) is 0 Å². The van der Waals surface area contributed by atoms with Crippen LogP contribution in [-0.2, 0) is 17.7 Å². The van der Waals surface area contributed by atoms with Crippen LogP contribution in [0, 0.1) is 0 Å². The maximum Gasteiger partial charge on any atom is 0.139 e. The average Bonchev–Trinajstić information content (AvgIpc) is 3.24. The molecule has 1 N–H and O–H groups in total. The first kappa shape index (κ1) is 16.3. The van der Waals surface area contributed by atoms with E-state index < -0.39 is 0 Å². The zero-order chi connectivity index (χ0) is 16.1. The van der Waals surface area contributed by atoms with E-state index in [4.69, 9.17) is 9.15 Å². The SMILES string of the molecule is CCn1ccnc1[C@@H]1OCCC[C@H]1NC(C)CCc1ccco1. The van der Waals surface area contributed by atoms with Gasteiger partial charge >= 0.3 is 0 Å². The largest absolute Gasteiger partial charge is 0.469 e. The molecule has 1 aliphatic heterocycles. The minimum atomic E-state index is 0.0461. The maximum absolute atomic E-state index is 6.06. The second kappa shape index (κ2) is 7.79. The first-order valence-electron chi connectivity index (χ1n) is 8.69. The number of aromatic nitrogens is 2. The van der Waals surface area contributed by atoms with Crippen molar-refractivity contribution < 1.29 is 9.15 Å². The number of imidazole rings is 1. The highest BCUT2D eigenvalue weighted by Crippen LogP contribution is 2.28. The number of aryl methyl sites for hydroxylation is 2. The topological polar surface area (TPSA) is 52.2 Å². The van der Waals surface area contributed by atoms with Gasteiger partial charge in [-0.05, 0) is 45.2 Å². The zero-order valence-corrected chi connectivity index (χ0v) is 14.1. The minimum Gasteiger partial charge on any atom is -0.469 e. The summed E-state index contributed by atoms with van der Waals surface area (Å²) in [7, 11) is 0. The number of hydrogen-bond donors (Lipinski definition) is 1. The number of nitrogens with one attached hydrogen (secondary N) is 1. The van der Waals surface area contributed by atoms with Gasteiger partial charge < -0.3 is 19.0 Å². The Morgan fingerprint density at radius 3 is 3.17 bits per heavy atom. The molecule has 0 radical (unpaired) electrons. The molecule has 23 heavy (non-hydrogen) atoms. The predicted molar refractivity (Wildman–Crippen MR) is 89.2 cm³/mol. The van der Waals surface area contributed by atoms with Crippen LogP contribution in [0.4, 0.5) is 0 Å². The Balaban J connectivity index is 1.60. The number of nitrogens with zero attached hydrogens (tertiary/aromatic N) is 2. The van der Waals surface area contributed by atoms with Crippen molar-refractivity contribution in [1.82, 2.24) is 14.9 Å². The Hall–Kier alpha value is -1.59. The summed E-state index contributed by atoms with van der Waals surface area (Å²) < 4.78 is 13.7. The van der Waals surface area contributed by atoms with Crippen molar-refractivity contribution in [3.05, 3.63) is 42.4 Å². The fraction of sp³-hybridized carbons (Fsp3) is 0.611. The predicted octanol–water partition coefficient (Wildman–Crippen LogP) is 3.33. The lowest BCUT2D eigenvalue weighted by Crippen LogP contribution is -2.44. The Morgan fingerprint density at radius 1 is 1.48 bits per heavy atom. The van der Waals surface area contributed by atoms with Crippen molar-refractivity contribution in [1.29, 1.82) is 0 Å². The average molecular weight is 317 g/mol. The van der Waals surface area contributed by atoms with Gasteiger partial charge in [-0.1, -0.05) is 0 Å². The van der Waals surface area contributed by atoms with Crippen LogP contribution < -0.4 is 5.32 Å². The highest BCUT2D eigenvalue weighted by molar-refractivity contribution is 5.03. The zero-order valence-electron chi connectivity index (χ0n) is 14.1. The summed E-state index contributed by atoms with van der Waals surface area (Å²) in [4.78, 5) is 4.54. The Kier molecular flexibility index (Phi) is 5.51. The molecule has 1 aliphatic rings. The van der Waals surface area contributed by atoms with Gasteiger partial charge in [0.15, 0.2) is 0 Å². The fourth-order valence-corrected chi connectivity index (χ4v) is 3.31. The van der Waals surface area contributed by atoms with Crippen LogP contribution in [0.15, 0.2) is 35.2 Å². The molecule has 5 heteroatoms. The maximum atomic E-state index is 6.06. The quantitative estimate of drug-likeness (QED) is 0.851. The molecule has 2 aromatic rings. The third-order valence-electron chi connectivity index (χ3n) is 4.57. The lowest BCUT2D eigenvalue weighted by atomic mass is 9.99. The molecule has 0 bridgehead atoms. The monoisotopic (exact) mass is 317 g/mol. The molecule has 0 aliphatic carbocycles. The van der Waals surface area contributed by atoms with Crippen LogP contribution in [0.5, 0.6) is 0 Å². The lowest BCUT2D eigenvalue weighted by molar-refractivity contribution is -0.0205. The molecule has 0 saturated carbocycles. The van der Waals surface area contributed by atoms with E-state index >= 15 is 0 Å². The number of rotatable bonds is 7. The summed E-state index contributed by atoms with van der Waals surface area (Å²) in [5, 5.41) is 3.75.